The number of aromatic nitrogens is 1. The van der Waals surface area contributed by atoms with E-state index in [1.54, 1.807) is 17.5 Å². The molecule has 1 atom stereocenters. The number of hydrogen-bond acceptors (Lipinski definition) is 3. The second-order valence-corrected chi connectivity index (χ2v) is 5.22. The predicted molar refractivity (Wildman–Crippen MR) is 79.5 cm³/mol. The van der Waals surface area contributed by atoms with Crippen LogP contribution in [0.1, 0.15) is 20.3 Å². The van der Waals surface area contributed by atoms with Crippen molar-refractivity contribution >= 4 is 23.1 Å². The van der Waals surface area contributed by atoms with Gasteiger partial charge in [0.1, 0.15) is 5.01 Å². The maximum atomic E-state index is 11.7. The van der Waals surface area contributed by atoms with Crippen LogP contribution in [0.5, 0.6) is 0 Å². The average Bonchev–Trinajstić information content (AvgIpc) is 2.93. The lowest BCUT2D eigenvalue weighted by Gasteiger charge is -2.12. The van der Waals surface area contributed by atoms with Gasteiger partial charge in [-0.3, -0.25) is 0 Å². The fraction of sp³-hybridized carbons (Fsp3) is 0.286. The smallest absolute Gasteiger partial charge is 0.319 e. The largest absolute Gasteiger partial charge is 0.335 e. The average molecular weight is 275 g/mol. The number of hydrogen-bond donors (Lipinski definition) is 2. The number of amides is 2. The van der Waals surface area contributed by atoms with Gasteiger partial charge in [0.05, 0.1) is 0 Å². The summed E-state index contributed by atoms with van der Waals surface area (Å²) in [5.41, 5.74) is 1.84. The molecule has 0 saturated heterocycles. The molecule has 2 aromatic rings. The van der Waals surface area contributed by atoms with E-state index in [1.807, 2.05) is 43.5 Å². The predicted octanol–water partition coefficient (Wildman–Crippen LogP) is 3.73. The summed E-state index contributed by atoms with van der Waals surface area (Å²) in [6.07, 6.45) is 2.70. The Balaban J connectivity index is 1.97. The molecule has 2 N–H and O–H groups in total. The van der Waals surface area contributed by atoms with Crippen LogP contribution in [0.2, 0.25) is 0 Å². The van der Waals surface area contributed by atoms with E-state index in [0.29, 0.717) is 0 Å². The Kier molecular flexibility index (Phi) is 4.52. The number of rotatable bonds is 4. The standard InChI is InChI=1S/C14H17N3OS/c1-3-10(2)16-14(18)17-12-6-4-11(5-7-12)13-15-8-9-19-13/h4-10H,3H2,1-2H3,(H2,16,17,18). The number of benzene rings is 1. The Hall–Kier alpha value is -1.88. The molecule has 100 valence electrons. The van der Waals surface area contributed by atoms with Crippen LogP contribution in [-0.2, 0) is 0 Å². The highest BCUT2D eigenvalue weighted by Gasteiger charge is 2.06. The van der Waals surface area contributed by atoms with Crippen molar-refractivity contribution in [3.63, 3.8) is 0 Å². The molecular weight excluding hydrogens is 258 g/mol. The molecule has 0 radical (unpaired) electrons. The third kappa shape index (κ3) is 3.79. The SMILES string of the molecule is CCC(C)NC(=O)Nc1ccc(-c2nccs2)cc1. The van der Waals surface area contributed by atoms with Crippen molar-refractivity contribution in [2.24, 2.45) is 0 Å². The van der Waals surface area contributed by atoms with Gasteiger partial charge in [0.25, 0.3) is 0 Å². The van der Waals surface area contributed by atoms with Crippen LogP contribution in [0, 0.1) is 0 Å². The van der Waals surface area contributed by atoms with Gasteiger partial charge in [-0.25, -0.2) is 9.78 Å². The normalized spacial score (nSPS) is 11.9. The first kappa shape index (κ1) is 13.5. The quantitative estimate of drug-likeness (QED) is 0.893. The number of anilines is 1. The molecule has 5 heteroatoms. The number of urea groups is 1. The molecule has 1 aromatic heterocycles. The number of carbonyl (C=O) groups excluding carboxylic acids is 1. The zero-order valence-corrected chi connectivity index (χ0v) is 11.8. The van der Waals surface area contributed by atoms with Crippen LogP contribution in [-0.4, -0.2) is 17.1 Å². The highest BCUT2D eigenvalue weighted by Crippen LogP contribution is 2.23. The second-order valence-electron chi connectivity index (χ2n) is 4.32. The number of nitrogens with one attached hydrogen (secondary N) is 2. The molecule has 1 unspecified atom stereocenters. The van der Waals surface area contributed by atoms with E-state index in [0.717, 1.165) is 22.7 Å². The minimum Gasteiger partial charge on any atom is -0.335 e. The first-order valence-electron chi connectivity index (χ1n) is 6.26. The molecule has 0 aliphatic carbocycles. The summed E-state index contributed by atoms with van der Waals surface area (Å²) in [5.74, 6) is 0. The molecule has 4 nitrogen and oxygen atoms in total. The van der Waals surface area contributed by atoms with Crippen LogP contribution in [0.15, 0.2) is 35.8 Å². The maximum Gasteiger partial charge on any atom is 0.319 e. The summed E-state index contributed by atoms with van der Waals surface area (Å²) >= 11 is 1.60. The third-order valence-electron chi connectivity index (χ3n) is 2.81. The van der Waals surface area contributed by atoms with Crippen molar-refractivity contribution in [1.29, 1.82) is 0 Å². The van der Waals surface area contributed by atoms with Crippen LogP contribution < -0.4 is 10.6 Å². The fourth-order valence-corrected chi connectivity index (χ4v) is 2.20. The summed E-state index contributed by atoms with van der Waals surface area (Å²) in [5, 5.41) is 8.60. The molecule has 19 heavy (non-hydrogen) atoms. The molecule has 0 spiro atoms. The number of nitrogens with zero attached hydrogens (tertiary/aromatic N) is 1. The van der Waals surface area contributed by atoms with Gasteiger partial charge >= 0.3 is 6.03 Å². The zero-order chi connectivity index (χ0) is 13.7. The first-order chi connectivity index (χ1) is 9.19. The fourth-order valence-electron chi connectivity index (χ4n) is 1.56. The Morgan fingerprint density at radius 1 is 1.37 bits per heavy atom. The Labute approximate surface area is 116 Å². The molecule has 2 amide bonds. The van der Waals surface area contributed by atoms with E-state index in [-0.39, 0.29) is 12.1 Å². The van der Waals surface area contributed by atoms with Gasteiger partial charge in [0.2, 0.25) is 0 Å². The Morgan fingerprint density at radius 3 is 2.68 bits per heavy atom. The van der Waals surface area contributed by atoms with Crippen molar-refractivity contribution in [1.82, 2.24) is 10.3 Å². The highest BCUT2D eigenvalue weighted by molar-refractivity contribution is 7.13. The molecule has 0 aliphatic rings. The van der Waals surface area contributed by atoms with Gasteiger partial charge < -0.3 is 10.6 Å². The number of thiazole rings is 1. The molecule has 0 aliphatic heterocycles. The first-order valence-corrected chi connectivity index (χ1v) is 7.14. The second kappa shape index (κ2) is 6.33. The van der Waals surface area contributed by atoms with E-state index >= 15 is 0 Å². The van der Waals surface area contributed by atoms with Crippen LogP contribution in [0.3, 0.4) is 0 Å². The minimum atomic E-state index is -0.170. The van der Waals surface area contributed by atoms with E-state index in [4.69, 9.17) is 0 Å². The maximum absolute atomic E-state index is 11.7. The van der Waals surface area contributed by atoms with Gasteiger partial charge in [-0.2, -0.15) is 0 Å². The minimum absolute atomic E-state index is 0.170. The lowest BCUT2D eigenvalue weighted by molar-refractivity contribution is 0.249. The molecule has 1 aromatic carbocycles. The third-order valence-corrected chi connectivity index (χ3v) is 3.63. The Bertz CT molecular complexity index is 522. The molecular formula is C14H17N3OS. The molecule has 2 rings (SSSR count). The summed E-state index contributed by atoms with van der Waals surface area (Å²) in [4.78, 5) is 15.9. The summed E-state index contributed by atoms with van der Waals surface area (Å²) in [6.45, 7) is 4.01. The van der Waals surface area contributed by atoms with Crippen molar-refractivity contribution in [3.05, 3.63) is 35.8 Å². The van der Waals surface area contributed by atoms with Gasteiger partial charge in [-0.1, -0.05) is 6.92 Å². The van der Waals surface area contributed by atoms with Crippen molar-refractivity contribution in [2.45, 2.75) is 26.3 Å². The van der Waals surface area contributed by atoms with E-state index in [1.165, 1.54) is 0 Å². The van der Waals surface area contributed by atoms with Crippen LogP contribution in [0.4, 0.5) is 10.5 Å². The van der Waals surface area contributed by atoms with Crippen molar-refractivity contribution < 1.29 is 4.79 Å². The Morgan fingerprint density at radius 2 is 2.11 bits per heavy atom. The zero-order valence-electron chi connectivity index (χ0n) is 11.0. The molecule has 0 bridgehead atoms. The van der Waals surface area contributed by atoms with Gasteiger partial charge in [0.15, 0.2) is 0 Å². The topological polar surface area (TPSA) is 54.0 Å². The monoisotopic (exact) mass is 275 g/mol. The highest BCUT2D eigenvalue weighted by atomic mass is 32.1. The van der Waals surface area contributed by atoms with E-state index < -0.39 is 0 Å². The summed E-state index contributed by atoms with van der Waals surface area (Å²) in [7, 11) is 0. The summed E-state index contributed by atoms with van der Waals surface area (Å²) < 4.78 is 0. The molecule has 0 fully saturated rings. The summed E-state index contributed by atoms with van der Waals surface area (Å²) in [6, 6.07) is 7.68. The molecule has 1 heterocycles. The number of carbonyl (C=O) groups is 1. The van der Waals surface area contributed by atoms with Gasteiger partial charge in [0, 0.05) is 28.9 Å². The van der Waals surface area contributed by atoms with Crippen LogP contribution in [0.25, 0.3) is 10.6 Å². The lowest BCUT2D eigenvalue weighted by Crippen LogP contribution is -2.35. The van der Waals surface area contributed by atoms with E-state index in [9.17, 15) is 4.79 Å². The van der Waals surface area contributed by atoms with Crippen molar-refractivity contribution in [3.8, 4) is 10.6 Å². The van der Waals surface area contributed by atoms with Gasteiger partial charge in [-0.05, 0) is 37.6 Å². The lowest BCUT2D eigenvalue weighted by atomic mass is 10.2. The van der Waals surface area contributed by atoms with Crippen LogP contribution >= 0.6 is 11.3 Å². The van der Waals surface area contributed by atoms with E-state index in [2.05, 4.69) is 15.6 Å². The van der Waals surface area contributed by atoms with Crippen molar-refractivity contribution in [2.75, 3.05) is 5.32 Å². The molecule has 0 saturated carbocycles. The van der Waals surface area contributed by atoms with Gasteiger partial charge in [-0.15, -0.1) is 11.3 Å².